The van der Waals surface area contributed by atoms with Crippen molar-refractivity contribution in [2.24, 2.45) is 11.3 Å². The second-order valence-corrected chi connectivity index (χ2v) is 5.82. The van der Waals surface area contributed by atoms with Crippen molar-refractivity contribution >= 4 is 5.91 Å². The van der Waals surface area contributed by atoms with E-state index >= 15 is 0 Å². The Morgan fingerprint density at radius 1 is 1.33 bits per heavy atom. The highest BCUT2D eigenvalue weighted by atomic mass is 16.3. The van der Waals surface area contributed by atoms with Crippen molar-refractivity contribution < 1.29 is 9.90 Å². The van der Waals surface area contributed by atoms with Crippen LogP contribution in [-0.4, -0.2) is 23.7 Å². The quantitative estimate of drug-likeness (QED) is 0.736. The maximum atomic E-state index is 11.4. The zero-order chi connectivity index (χ0) is 12.1. The van der Waals surface area contributed by atoms with Crippen LogP contribution in [0, 0.1) is 11.3 Å². The second kappa shape index (κ2) is 6.11. The lowest BCUT2D eigenvalue weighted by molar-refractivity contribution is -0.123. The Morgan fingerprint density at radius 2 is 1.87 bits per heavy atom. The molecule has 1 unspecified atom stereocenters. The maximum absolute atomic E-state index is 11.4. The van der Waals surface area contributed by atoms with Crippen LogP contribution in [0.2, 0.25) is 0 Å². The smallest absolute Gasteiger partial charge is 0.220 e. The summed E-state index contributed by atoms with van der Waals surface area (Å²) in [5.74, 6) is 0.477. The van der Waals surface area contributed by atoms with Crippen LogP contribution in [0.1, 0.15) is 47.5 Å². The van der Waals surface area contributed by atoms with Gasteiger partial charge in [0.1, 0.15) is 0 Å². The van der Waals surface area contributed by atoms with E-state index in [-0.39, 0.29) is 11.3 Å². The third kappa shape index (κ3) is 9.73. The van der Waals surface area contributed by atoms with E-state index in [0.29, 0.717) is 18.9 Å². The van der Waals surface area contributed by atoms with Crippen LogP contribution in [0.4, 0.5) is 0 Å². The molecule has 90 valence electrons. The fraction of sp³-hybridized carbons (Fsp3) is 0.917. The minimum atomic E-state index is -0.422. The number of hydrogen-bond acceptors (Lipinski definition) is 2. The molecule has 0 aromatic heterocycles. The molecule has 0 heterocycles. The fourth-order valence-corrected chi connectivity index (χ4v) is 1.40. The van der Waals surface area contributed by atoms with E-state index < -0.39 is 6.10 Å². The van der Waals surface area contributed by atoms with Crippen molar-refractivity contribution in [1.29, 1.82) is 0 Å². The molecule has 0 aromatic carbocycles. The monoisotopic (exact) mass is 215 g/mol. The fourth-order valence-electron chi connectivity index (χ4n) is 1.40. The lowest BCUT2D eigenvalue weighted by Crippen LogP contribution is -2.34. The molecule has 0 aliphatic carbocycles. The Morgan fingerprint density at radius 3 is 2.27 bits per heavy atom. The molecule has 3 nitrogen and oxygen atoms in total. The highest BCUT2D eigenvalue weighted by Gasteiger charge is 2.16. The Kier molecular flexibility index (Phi) is 5.88. The summed E-state index contributed by atoms with van der Waals surface area (Å²) in [7, 11) is 0. The van der Waals surface area contributed by atoms with Gasteiger partial charge in [-0.25, -0.2) is 0 Å². The Hall–Kier alpha value is -0.570. The highest BCUT2D eigenvalue weighted by molar-refractivity contribution is 5.76. The topological polar surface area (TPSA) is 49.3 Å². The van der Waals surface area contributed by atoms with Crippen molar-refractivity contribution in [3.63, 3.8) is 0 Å². The SMILES string of the molecule is CC(C)CC(O)CNC(=O)CC(C)(C)C. The molecule has 1 atom stereocenters. The van der Waals surface area contributed by atoms with E-state index in [0.717, 1.165) is 6.42 Å². The van der Waals surface area contributed by atoms with Gasteiger partial charge in [-0.05, 0) is 17.8 Å². The molecule has 0 bridgehead atoms. The zero-order valence-corrected chi connectivity index (χ0v) is 10.6. The van der Waals surface area contributed by atoms with E-state index in [4.69, 9.17) is 0 Å². The van der Waals surface area contributed by atoms with Crippen molar-refractivity contribution in [3.05, 3.63) is 0 Å². The number of rotatable bonds is 5. The predicted octanol–water partition coefficient (Wildman–Crippen LogP) is 1.95. The van der Waals surface area contributed by atoms with Crippen LogP contribution in [0.15, 0.2) is 0 Å². The molecule has 1 amide bonds. The van der Waals surface area contributed by atoms with E-state index in [1.807, 2.05) is 20.8 Å². The predicted molar refractivity (Wildman–Crippen MR) is 62.5 cm³/mol. The van der Waals surface area contributed by atoms with Crippen molar-refractivity contribution in [1.82, 2.24) is 5.32 Å². The number of carbonyl (C=O) groups is 1. The number of hydrogen-bond donors (Lipinski definition) is 2. The molecule has 0 radical (unpaired) electrons. The van der Waals surface area contributed by atoms with Gasteiger partial charge in [0.05, 0.1) is 6.10 Å². The van der Waals surface area contributed by atoms with E-state index in [1.165, 1.54) is 0 Å². The standard InChI is InChI=1S/C12H25NO2/c1-9(2)6-10(14)8-13-11(15)7-12(3,4)5/h9-10,14H,6-8H2,1-5H3,(H,13,15). The molecule has 2 N–H and O–H groups in total. The number of aliphatic hydroxyl groups is 1. The molecule has 0 aliphatic heterocycles. The molecular formula is C12H25NO2. The molecule has 0 saturated heterocycles. The lowest BCUT2D eigenvalue weighted by atomic mass is 9.92. The van der Waals surface area contributed by atoms with Gasteiger partial charge in [-0.15, -0.1) is 0 Å². The largest absolute Gasteiger partial charge is 0.391 e. The summed E-state index contributed by atoms with van der Waals surface area (Å²) >= 11 is 0. The summed E-state index contributed by atoms with van der Waals surface area (Å²) in [6.07, 6.45) is 0.811. The van der Waals surface area contributed by atoms with Gasteiger partial charge >= 0.3 is 0 Å². The molecule has 15 heavy (non-hydrogen) atoms. The van der Waals surface area contributed by atoms with Gasteiger partial charge < -0.3 is 10.4 Å². The summed E-state index contributed by atoms with van der Waals surface area (Å²) in [4.78, 5) is 11.4. The molecule has 3 heteroatoms. The zero-order valence-electron chi connectivity index (χ0n) is 10.6. The third-order valence-corrected chi connectivity index (χ3v) is 1.97. The first-order chi connectivity index (χ1) is 6.70. The average Bonchev–Trinajstić information content (AvgIpc) is 1.96. The molecule has 0 fully saturated rings. The van der Waals surface area contributed by atoms with Gasteiger partial charge in [0.15, 0.2) is 0 Å². The van der Waals surface area contributed by atoms with Gasteiger partial charge in [0, 0.05) is 13.0 Å². The average molecular weight is 215 g/mol. The summed E-state index contributed by atoms with van der Waals surface area (Å²) in [6.45, 7) is 10.6. The third-order valence-electron chi connectivity index (χ3n) is 1.97. The highest BCUT2D eigenvalue weighted by Crippen LogP contribution is 2.17. The summed E-state index contributed by atoms with van der Waals surface area (Å²) in [6, 6.07) is 0. The molecule has 0 saturated carbocycles. The van der Waals surface area contributed by atoms with E-state index in [1.54, 1.807) is 0 Å². The molecule has 0 rings (SSSR count). The van der Waals surface area contributed by atoms with Crippen LogP contribution < -0.4 is 5.32 Å². The number of aliphatic hydroxyl groups excluding tert-OH is 1. The molecule has 0 aliphatic rings. The van der Waals surface area contributed by atoms with Crippen molar-refractivity contribution in [2.75, 3.05) is 6.54 Å². The van der Waals surface area contributed by atoms with Crippen LogP contribution in [0.25, 0.3) is 0 Å². The Bertz CT molecular complexity index is 194. The van der Waals surface area contributed by atoms with Gasteiger partial charge in [0.25, 0.3) is 0 Å². The van der Waals surface area contributed by atoms with E-state index in [2.05, 4.69) is 19.2 Å². The van der Waals surface area contributed by atoms with Crippen molar-refractivity contribution in [3.8, 4) is 0 Å². The van der Waals surface area contributed by atoms with Gasteiger partial charge in [-0.1, -0.05) is 34.6 Å². The summed E-state index contributed by atoms with van der Waals surface area (Å²) in [5, 5.41) is 12.3. The summed E-state index contributed by atoms with van der Waals surface area (Å²) in [5.41, 5.74) is 0.00703. The summed E-state index contributed by atoms with van der Waals surface area (Å²) < 4.78 is 0. The van der Waals surface area contributed by atoms with Gasteiger partial charge in [0.2, 0.25) is 5.91 Å². The first-order valence-corrected chi connectivity index (χ1v) is 5.65. The first-order valence-electron chi connectivity index (χ1n) is 5.65. The minimum absolute atomic E-state index is 0.00703. The second-order valence-electron chi connectivity index (χ2n) is 5.82. The van der Waals surface area contributed by atoms with Gasteiger partial charge in [-0.2, -0.15) is 0 Å². The van der Waals surface area contributed by atoms with Gasteiger partial charge in [-0.3, -0.25) is 4.79 Å². The lowest BCUT2D eigenvalue weighted by Gasteiger charge is -2.19. The first kappa shape index (κ1) is 14.4. The number of nitrogens with one attached hydrogen (secondary N) is 1. The molecule has 0 spiro atoms. The van der Waals surface area contributed by atoms with E-state index in [9.17, 15) is 9.90 Å². The number of amides is 1. The maximum Gasteiger partial charge on any atom is 0.220 e. The minimum Gasteiger partial charge on any atom is -0.391 e. The molecule has 0 aromatic rings. The Labute approximate surface area is 93.3 Å². The normalized spacial score (nSPS) is 14.1. The van der Waals surface area contributed by atoms with Crippen molar-refractivity contribution in [2.45, 2.75) is 53.6 Å². The van der Waals surface area contributed by atoms with Crippen LogP contribution in [0.5, 0.6) is 0 Å². The van der Waals surface area contributed by atoms with Crippen LogP contribution in [0.3, 0.4) is 0 Å². The Balaban J connectivity index is 3.72. The van der Waals surface area contributed by atoms with Crippen LogP contribution >= 0.6 is 0 Å². The number of carbonyl (C=O) groups excluding carboxylic acids is 1. The van der Waals surface area contributed by atoms with Crippen LogP contribution in [-0.2, 0) is 4.79 Å². The molecular weight excluding hydrogens is 190 g/mol.